The highest BCUT2D eigenvalue weighted by atomic mass is 32.2. The minimum atomic E-state index is -3.05. The molecule has 1 saturated heterocycles. The van der Waals surface area contributed by atoms with Crippen LogP contribution in [0.2, 0.25) is 0 Å². The van der Waals surface area contributed by atoms with E-state index < -0.39 is 10.0 Å². The first-order chi connectivity index (χ1) is 8.18. The molecule has 2 aliphatic rings. The Morgan fingerprint density at radius 3 is 2.29 bits per heavy atom. The molecule has 0 unspecified atom stereocenters. The third-order valence-corrected chi connectivity index (χ3v) is 5.94. The molecule has 0 aromatic carbocycles. The van der Waals surface area contributed by atoms with Gasteiger partial charge in [0.2, 0.25) is 10.0 Å². The van der Waals surface area contributed by atoms with Gasteiger partial charge in [-0.25, -0.2) is 13.1 Å². The Labute approximate surface area is 105 Å². The molecule has 0 bridgehead atoms. The fourth-order valence-electron chi connectivity index (χ4n) is 2.81. The van der Waals surface area contributed by atoms with Crippen molar-refractivity contribution in [3.8, 4) is 0 Å². The predicted octanol–water partition coefficient (Wildman–Crippen LogP) is 1.24. The molecule has 2 rings (SSSR count). The Bertz CT molecular complexity index is 317. The number of rotatable bonds is 4. The van der Waals surface area contributed by atoms with Gasteiger partial charge in [-0.3, -0.25) is 0 Å². The number of piperidine rings is 1. The molecule has 2 fully saturated rings. The first-order valence-electron chi connectivity index (χ1n) is 6.88. The summed E-state index contributed by atoms with van der Waals surface area (Å²) in [6.45, 7) is 2.69. The number of hydrogen-bond acceptors (Lipinski definition) is 3. The highest BCUT2D eigenvalue weighted by Gasteiger charge is 2.27. The second-order valence-electron chi connectivity index (χ2n) is 5.35. The van der Waals surface area contributed by atoms with Crippen LogP contribution in [0.5, 0.6) is 0 Å². The van der Waals surface area contributed by atoms with E-state index in [0.29, 0.717) is 12.5 Å². The maximum atomic E-state index is 12.1. The van der Waals surface area contributed by atoms with Gasteiger partial charge in [-0.05, 0) is 44.7 Å². The third-order valence-electron chi connectivity index (χ3n) is 4.02. The molecule has 100 valence electrons. The van der Waals surface area contributed by atoms with E-state index >= 15 is 0 Å². The van der Waals surface area contributed by atoms with Crippen LogP contribution in [-0.4, -0.2) is 33.3 Å². The summed E-state index contributed by atoms with van der Waals surface area (Å²) in [4.78, 5) is 0. The number of nitrogens with one attached hydrogen (secondary N) is 2. The second-order valence-corrected chi connectivity index (χ2v) is 7.39. The minimum Gasteiger partial charge on any atom is -0.317 e. The second kappa shape index (κ2) is 6.16. The Balaban J connectivity index is 1.79. The van der Waals surface area contributed by atoms with Crippen molar-refractivity contribution in [3.05, 3.63) is 0 Å². The molecule has 1 heterocycles. The molecular formula is C12H24N2O2S. The quantitative estimate of drug-likeness (QED) is 0.799. The van der Waals surface area contributed by atoms with Crippen molar-refractivity contribution < 1.29 is 8.42 Å². The SMILES string of the molecule is O=S(=O)(NCC1CCNCC1)C1CCCCC1. The monoisotopic (exact) mass is 260 g/mol. The molecule has 5 heteroatoms. The minimum absolute atomic E-state index is 0.127. The molecule has 0 spiro atoms. The lowest BCUT2D eigenvalue weighted by molar-refractivity contribution is 0.370. The predicted molar refractivity (Wildman–Crippen MR) is 69.4 cm³/mol. The number of hydrogen-bond donors (Lipinski definition) is 2. The fourth-order valence-corrected chi connectivity index (χ4v) is 4.47. The lowest BCUT2D eigenvalue weighted by Gasteiger charge is -2.26. The highest BCUT2D eigenvalue weighted by molar-refractivity contribution is 7.90. The summed E-state index contributed by atoms with van der Waals surface area (Å²) >= 11 is 0. The normalized spacial score (nSPS) is 24.9. The van der Waals surface area contributed by atoms with Gasteiger partial charge in [0.15, 0.2) is 0 Å². The van der Waals surface area contributed by atoms with Gasteiger partial charge >= 0.3 is 0 Å². The van der Waals surface area contributed by atoms with Crippen LogP contribution >= 0.6 is 0 Å². The van der Waals surface area contributed by atoms with Gasteiger partial charge in [0.05, 0.1) is 5.25 Å². The largest absolute Gasteiger partial charge is 0.317 e. The molecule has 2 N–H and O–H groups in total. The van der Waals surface area contributed by atoms with Crippen LogP contribution in [0.15, 0.2) is 0 Å². The van der Waals surface area contributed by atoms with Gasteiger partial charge in [0.1, 0.15) is 0 Å². The zero-order valence-corrected chi connectivity index (χ0v) is 11.3. The van der Waals surface area contributed by atoms with E-state index in [-0.39, 0.29) is 5.25 Å². The Hall–Kier alpha value is -0.130. The Morgan fingerprint density at radius 1 is 1.00 bits per heavy atom. The fraction of sp³-hybridized carbons (Fsp3) is 1.00. The first-order valence-corrected chi connectivity index (χ1v) is 8.42. The summed E-state index contributed by atoms with van der Waals surface area (Å²) in [5.74, 6) is 0.523. The standard InChI is InChI=1S/C12H24N2O2S/c15-17(16,12-4-2-1-3-5-12)14-10-11-6-8-13-9-7-11/h11-14H,1-10H2. The Kier molecular flexibility index (Phi) is 4.82. The summed E-state index contributed by atoms with van der Waals surface area (Å²) in [5, 5.41) is 3.17. The van der Waals surface area contributed by atoms with E-state index in [1.807, 2.05) is 0 Å². The average molecular weight is 260 g/mol. The zero-order chi connectivity index (χ0) is 12.1. The summed E-state index contributed by atoms with van der Waals surface area (Å²) < 4.78 is 27.0. The van der Waals surface area contributed by atoms with E-state index in [9.17, 15) is 8.42 Å². The Morgan fingerprint density at radius 2 is 1.65 bits per heavy atom. The van der Waals surface area contributed by atoms with Crippen LogP contribution in [0.25, 0.3) is 0 Å². The van der Waals surface area contributed by atoms with Crippen molar-refractivity contribution in [2.24, 2.45) is 5.92 Å². The summed E-state index contributed by atoms with van der Waals surface area (Å²) in [7, 11) is -3.05. The number of sulfonamides is 1. The van der Waals surface area contributed by atoms with E-state index in [4.69, 9.17) is 0 Å². The van der Waals surface area contributed by atoms with Crippen molar-refractivity contribution in [2.45, 2.75) is 50.2 Å². The smallest absolute Gasteiger partial charge is 0.214 e. The molecule has 1 saturated carbocycles. The molecule has 4 nitrogen and oxygen atoms in total. The van der Waals surface area contributed by atoms with Crippen LogP contribution in [0.1, 0.15) is 44.9 Å². The highest BCUT2D eigenvalue weighted by Crippen LogP contribution is 2.23. The van der Waals surface area contributed by atoms with Crippen molar-refractivity contribution in [1.29, 1.82) is 0 Å². The maximum Gasteiger partial charge on any atom is 0.214 e. The van der Waals surface area contributed by atoms with Crippen molar-refractivity contribution >= 4 is 10.0 Å². The summed E-state index contributed by atoms with van der Waals surface area (Å²) in [6, 6.07) is 0. The van der Waals surface area contributed by atoms with E-state index in [0.717, 1.165) is 51.6 Å². The molecule has 1 aliphatic carbocycles. The molecule has 0 radical (unpaired) electrons. The van der Waals surface area contributed by atoms with Crippen LogP contribution in [-0.2, 0) is 10.0 Å². The van der Waals surface area contributed by atoms with Gasteiger partial charge in [-0.2, -0.15) is 0 Å². The van der Waals surface area contributed by atoms with Gasteiger partial charge < -0.3 is 5.32 Å². The van der Waals surface area contributed by atoms with Crippen molar-refractivity contribution in [1.82, 2.24) is 10.0 Å². The third kappa shape index (κ3) is 3.93. The summed E-state index contributed by atoms with van der Waals surface area (Å²) in [5.41, 5.74) is 0. The molecule has 0 aromatic rings. The van der Waals surface area contributed by atoms with E-state index in [1.54, 1.807) is 0 Å². The van der Waals surface area contributed by atoms with Crippen LogP contribution in [0, 0.1) is 5.92 Å². The van der Waals surface area contributed by atoms with Gasteiger partial charge in [0.25, 0.3) is 0 Å². The van der Waals surface area contributed by atoms with Crippen LogP contribution in [0.4, 0.5) is 0 Å². The maximum absolute atomic E-state index is 12.1. The molecular weight excluding hydrogens is 236 g/mol. The summed E-state index contributed by atoms with van der Waals surface area (Å²) in [6.07, 6.45) is 7.21. The van der Waals surface area contributed by atoms with Crippen LogP contribution in [0.3, 0.4) is 0 Å². The van der Waals surface area contributed by atoms with Crippen molar-refractivity contribution in [3.63, 3.8) is 0 Å². The van der Waals surface area contributed by atoms with E-state index in [2.05, 4.69) is 10.0 Å². The van der Waals surface area contributed by atoms with Gasteiger partial charge in [-0.1, -0.05) is 19.3 Å². The zero-order valence-electron chi connectivity index (χ0n) is 10.5. The van der Waals surface area contributed by atoms with E-state index in [1.165, 1.54) is 6.42 Å². The molecule has 0 aromatic heterocycles. The first kappa shape index (κ1) is 13.3. The lowest BCUT2D eigenvalue weighted by atomic mass is 9.99. The van der Waals surface area contributed by atoms with Crippen molar-refractivity contribution in [2.75, 3.05) is 19.6 Å². The van der Waals surface area contributed by atoms with Gasteiger partial charge in [0, 0.05) is 6.54 Å². The molecule has 0 amide bonds. The molecule has 0 atom stereocenters. The topological polar surface area (TPSA) is 58.2 Å². The lowest BCUT2D eigenvalue weighted by Crippen LogP contribution is -2.40. The van der Waals surface area contributed by atoms with Crippen LogP contribution < -0.4 is 10.0 Å². The van der Waals surface area contributed by atoms with Gasteiger partial charge in [-0.15, -0.1) is 0 Å². The average Bonchev–Trinajstić information content (AvgIpc) is 2.39. The molecule has 17 heavy (non-hydrogen) atoms. The molecule has 1 aliphatic heterocycles.